The van der Waals surface area contributed by atoms with Crippen LogP contribution >= 0.6 is 11.6 Å². The number of hydrogen-bond donors (Lipinski definition) is 0. The van der Waals surface area contributed by atoms with E-state index in [-0.39, 0.29) is 11.4 Å². The van der Waals surface area contributed by atoms with Crippen LogP contribution < -0.4 is 4.74 Å². The average molecular weight is 244 g/mol. The van der Waals surface area contributed by atoms with Crippen molar-refractivity contribution in [1.29, 1.82) is 0 Å². The molecule has 0 spiro atoms. The van der Waals surface area contributed by atoms with Crippen LogP contribution in [0, 0.1) is 5.82 Å². The lowest BCUT2D eigenvalue weighted by Crippen LogP contribution is -2.20. The maximum absolute atomic E-state index is 13.2. The summed E-state index contributed by atoms with van der Waals surface area (Å²) in [4.78, 5) is 3.33. The number of nitrogens with zero attached hydrogens (tertiary/aromatic N) is 1. The second-order valence-corrected chi connectivity index (χ2v) is 2.89. The van der Waals surface area contributed by atoms with Gasteiger partial charge in [-0.2, -0.15) is 13.2 Å². The smallest absolute Gasteiger partial charge is 0.422 e. The first-order valence-corrected chi connectivity index (χ1v) is 4.36. The SMILES string of the molecule is Fc1c(CCl)ccnc1OCC(F)(F)F. The molecule has 1 aromatic heterocycles. The first-order chi connectivity index (χ1) is 6.94. The molecular weight excluding hydrogens is 238 g/mol. The zero-order valence-electron chi connectivity index (χ0n) is 7.31. The van der Waals surface area contributed by atoms with Gasteiger partial charge in [-0.3, -0.25) is 0 Å². The van der Waals surface area contributed by atoms with Crippen molar-refractivity contribution in [3.05, 3.63) is 23.6 Å². The summed E-state index contributed by atoms with van der Waals surface area (Å²) in [7, 11) is 0. The second-order valence-electron chi connectivity index (χ2n) is 2.63. The Labute approximate surface area is 87.8 Å². The Hall–Kier alpha value is -1.04. The van der Waals surface area contributed by atoms with E-state index in [9.17, 15) is 17.6 Å². The van der Waals surface area contributed by atoms with Gasteiger partial charge in [0.1, 0.15) is 0 Å². The quantitative estimate of drug-likeness (QED) is 0.602. The molecule has 15 heavy (non-hydrogen) atoms. The van der Waals surface area contributed by atoms with Crippen LogP contribution in [0.2, 0.25) is 0 Å². The van der Waals surface area contributed by atoms with Crippen molar-refractivity contribution in [3.63, 3.8) is 0 Å². The van der Waals surface area contributed by atoms with Gasteiger partial charge in [-0.05, 0) is 6.07 Å². The van der Waals surface area contributed by atoms with Gasteiger partial charge in [0.05, 0.1) is 5.88 Å². The molecule has 0 radical (unpaired) electrons. The molecule has 84 valence electrons. The fourth-order valence-electron chi connectivity index (χ4n) is 0.816. The minimum absolute atomic E-state index is 0.0452. The van der Waals surface area contributed by atoms with Crippen molar-refractivity contribution < 1.29 is 22.3 Å². The molecule has 0 amide bonds. The Morgan fingerprint density at radius 1 is 1.40 bits per heavy atom. The van der Waals surface area contributed by atoms with Crippen LogP contribution in [0.25, 0.3) is 0 Å². The van der Waals surface area contributed by atoms with Crippen molar-refractivity contribution in [2.45, 2.75) is 12.1 Å². The van der Waals surface area contributed by atoms with Crippen LogP contribution in [0.5, 0.6) is 5.88 Å². The van der Waals surface area contributed by atoms with E-state index in [4.69, 9.17) is 11.6 Å². The monoisotopic (exact) mass is 243 g/mol. The maximum Gasteiger partial charge on any atom is 0.422 e. The van der Waals surface area contributed by atoms with Crippen LogP contribution in [0.1, 0.15) is 5.56 Å². The highest BCUT2D eigenvalue weighted by molar-refractivity contribution is 6.17. The standard InChI is InChI=1S/C8H6ClF4NO/c9-3-5-1-2-14-7(6(5)10)15-4-8(11,12)13/h1-2H,3-4H2. The molecule has 1 rings (SSSR count). The molecule has 1 aromatic rings. The lowest BCUT2D eigenvalue weighted by atomic mass is 10.3. The number of pyridine rings is 1. The third-order valence-corrected chi connectivity index (χ3v) is 1.74. The normalized spacial score (nSPS) is 11.5. The van der Waals surface area contributed by atoms with Gasteiger partial charge in [0.15, 0.2) is 12.4 Å². The molecule has 7 heteroatoms. The van der Waals surface area contributed by atoms with Gasteiger partial charge >= 0.3 is 6.18 Å². The summed E-state index contributed by atoms with van der Waals surface area (Å²) in [5.74, 6) is -1.81. The Balaban J connectivity index is 2.78. The summed E-state index contributed by atoms with van der Waals surface area (Å²) in [6, 6.07) is 1.27. The first-order valence-electron chi connectivity index (χ1n) is 3.83. The van der Waals surface area contributed by atoms with E-state index in [1.165, 1.54) is 6.07 Å². The van der Waals surface area contributed by atoms with E-state index >= 15 is 0 Å². The van der Waals surface area contributed by atoms with E-state index < -0.39 is 24.5 Å². The molecule has 0 unspecified atom stereocenters. The molecule has 0 fully saturated rings. The van der Waals surface area contributed by atoms with E-state index in [0.717, 1.165) is 6.20 Å². The van der Waals surface area contributed by atoms with Gasteiger partial charge in [0, 0.05) is 11.8 Å². The lowest BCUT2D eigenvalue weighted by Gasteiger charge is -2.09. The van der Waals surface area contributed by atoms with Crippen LogP contribution in [-0.4, -0.2) is 17.8 Å². The Morgan fingerprint density at radius 2 is 2.07 bits per heavy atom. The molecule has 0 aliphatic heterocycles. The van der Waals surface area contributed by atoms with Gasteiger partial charge in [0.25, 0.3) is 5.88 Å². The molecule has 0 N–H and O–H groups in total. The van der Waals surface area contributed by atoms with Gasteiger partial charge in [0.2, 0.25) is 0 Å². The van der Waals surface area contributed by atoms with Crippen LogP contribution in [0.15, 0.2) is 12.3 Å². The van der Waals surface area contributed by atoms with Crippen LogP contribution in [-0.2, 0) is 5.88 Å². The summed E-state index contributed by atoms with van der Waals surface area (Å²) in [5.41, 5.74) is 0.0452. The van der Waals surface area contributed by atoms with Gasteiger partial charge in [-0.25, -0.2) is 9.37 Å². The largest absolute Gasteiger partial charge is 0.466 e. The van der Waals surface area contributed by atoms with Gasteiger partial charge in [-0.1, -0.05) is 0 Å². The summed E-state index contributed by atoms with van der Waals surface area (Å²) in [6.45, 7) is -1.58. The number of ether oxygens (including phenoxy) is 1. The fraction of sp³-hybridized carbons (Fsp3) is 0.375. The van der Waals surface area contributed by atoms with E-state index in [0.29, 0.717) is 0 Å². The number of alkyl halides is 4. The third-order valence-electron chi connectivity index (χ3n) is 1.45. The Morgan fingerprint density at radius 3 is 2.60 bits per heavy atom. The number of rotatable bonds is 3. The summed E-state index contributed by atoms with van der Waals surface area (Å²) in [5, 5.41) is 0. The second kappa shape index (κ2) is 4.65. The zero-order valence-corrected chi connectivity index (χ0v) is 8.07. The minimum atomic E-state index is -4.52. The summed E-state index contributed by atoms with van der Waals surface area (Å²) < 4.78 is 52.6. The molecule has 0 atom stereocenters. The van der Waals surface area contributed by atoms with Crippen LogP contribution in [0.3, 0.4) is 0 Å². The molecule has 0 saturated heterocycles. The molecule has 1 heterocycles. The van der Waals surface area contributed by atoms with E-state index in [1.54, 1.807) is 0 Å². The molecule has 0 bridgehead atoms. The third kappa shape index (κ3) is 3.54. The van der Waals surface area contributed by atoms with E-state index in [1.807, 2.05) is 0 Å². The summed E-state index contributed by atoms with van der Waals surface area (Å²) >= 11 is 5.35. The number of aromatic nitrogens is 1. The highest BCUT2D eigenvalue weighted by atomic mass is 35.5. The van der Waals surface area contributed by atoms with E-state index in [2.05, 4.69) is 9.72 Å². The van der Waals surface area contributed by atoms with Crippen LogP contribution in [0.4, 0.5) is 17.6 Å². The van der Waals surface area contributed by atoms with Crippen molar-refractivity contribution in [2.75, 3.05) is 6.61 Å². The van der Waals surface area contributed by atoms with Gasteiger partial charge < -0.3 is 4.74 Å². The highest BCUT2D eigenvalue weighted by Crippen LogP contribution is 2.21. The lowest BCUT2D eigenvalue weighted by molar-refractivity contribution is -0.154. The molecule has 2 nitrogen and oxygen atoms in total. The Kier molecular flexibility index (Phi) is 3.73. The first kappa shape index (κ1) is 12.0. The highest BCUT2D eigenvalue weighted by Gasteiger charge is 2.29. The fourth-order valence-corrected chi connectivity index (χ4v) is 1.02. The van der Waals surface area contributed by atoms with Crippen molar-refractivity contribution in [2.24, 2.45) is 0 Å². The molecule has 0 saturated carbocycles. The van der Waals surface area contributed by atoms with Gasteiger partial charge in [-0.15, -0.1) is 11.6 Å². The molecular formula is C8H6ClF4NO. The zero-order chi connectivity index (χ0) is 11.5. The predicted octanol–water partition coefficient (Wildman–Crippen LogP) is 2.90. The van der Waals surface area contributed by atoms with Crippen molar-refractivity contribution >= 4 is 11.6 Å². The predicted molar refractivity (Wildman–Crippen MR) is 45.3 cm³/mol. The maximum atomic E-state index is 13.2. The summed E-state index contributed by atoms with van der Waals surface area (Å²) in [6.07, 6.45) is -3.39. The average Bonchev–Trinajstić information content (AvgIpc) is 2.15. The van der Waals surface area contributed by atoms with Crippen molar-refractivity contribution in [3.8, 4) is 5.88 Å². The number of halogens is 5. The topological polar surface area (TPSA) is 22.1 Å². The number of hydrogen-bond acceptors (Lipinski definition) is 2. The molecule has 0 aromatic carbocycles. The van der Waals surface area contributed by atoms with Crippen molar-refractivity contribution in [1.82, 2.24) is 4.98 Å². The molecule has 0 aliphatic rings. The Bertz CT molecular complexity index is 342. The molecule has 0 aliphatic carbocycles. The minimum Gasteiger partial charge on any atom is -0.466 e.